The zero-order chi connectivity index (χ0) is 19.8. The number of ether oxygens (including phenoxy) is 1. The molecule has 1 unspecified atom stereocenters. The van der Waals surface area contributed by atoms with Crippen molar-refractivity contribution >= 4 is 29.4 Å². The van der Waals surface area contributed by atoms with E-state index in [1.807, 2.05) is 24.3 Å². The highest BCUT2D eigenvalue weighted by Crippen LogP contribution is 2.22. The maximum absolute atomic E-state index is 11.8. The highest BCUT2D eigenvalue weighted by Gasteiger charge is 2.09. The Kier molecular flexibility index (Phi) is 7.31. The average molecular weight is 390 g/mol. The number of non-ortho nitro benzene ring substituents is 1. The molecule has 0 saturated carbocycles. The molecule has 2 aromatic carbocycles. The van der Waals surface area contributed by atoms with E-state index in [0.29, 0.717) is 17.2 Å². The molecule has 142 valence electrons. The number of nitrogens with zero attached hydrogens (tertiary/aromatic N) is 2. The highest BCUT2D eigenvalue weighted by molar-refractivity contribution is 6.33. The van der Waals surface area contributed by atoms with E-state index >= 15 is 0 Å². The van der Waals surface area contributed by atoms with Crippen LogP contribution in [0.25, 0.3) is 0 Å². The molecule has 0 bridgehead atoms. The van der Waals surface area contributed by atoms with E-state index in [2.05, 4.69) is 24.4 Å². The van der Waals surface area contributed by atoms with Crippen LogP contribution in [0.4, 0.5) is 5.69 Å². The summed E-state index contributed by atoms with van der Waals surface area (Å²) in [6, 6.07) is 11.6. The number of nitro groups is 1. The summed E-state index contributed by atoms with van der Waals surface area (Å²) >= 11 is 5.95. The van der Waals surface area contributed by atoms with Gasteiger partial charge in [0, 0.05) is 22.7 Å². The van der Waals surface area contributed by atoms with Crippen LogP contribution >= 0.6 is 11.6 Å². The van der Waals surface area contributed by atoms with Crippen molar-refractivity contribution < 1.29 is 14.5 Å². The van der Waals surface area contributed by atoms with Crippen LogP contribution < -0.4 is 10.2 Å². The number of carbonyl (C=O) groups is 1. The summed E-state index contributed by atoms with van der Waals surface area (Å²) in [6.45, 7) is 4.07. The van der Waals surface area contributed by atoms with Gasteiger partial charge in [0.05, 0.1) is 11.1 Å². The second-order valence-electron chi connectivity index (χ2n) is 5.92. The van der Waals surface area contributed by atoms with Crippen molar-refractivity contribution in [2.45, 2.75) is 26.2 Å². The number of halogens is 1. The minimum atomic E-state index is -0.535. The maximum atomic E-state index is 11.8. The number of hydrogen-bond acceptors (Lipinski definition) is 5. The number of hydrazone groups is 1. The fraction of sp³-hybridized carbons (Fsp3) is 0.263. The lowest BCUT2D eigenvalue weighted by Crippen LogP contribution is -2.24. The lowest BCUT2D eigenvalue weighted by atomic mass is 9.99. The summed E-state index contributed by atoms with van der Waals surface area (Å²) in [5.41, 5.74) is 3.72. The number of amides is 1. The monoisotopic (exact) mass is 389 g/mol. The fourth-order valence-electron chi connectivity index (χ4n) is 2.23. The van der Waals surface area contributed by atoms with Crippen molar-refractivity contribution in [3.05, 3.63) is 68.7 Å². The zero-order valence-electron chi connectivity index (χ0n) is 15.0. The zero-order valence-corrected chi connectivity index (χ0v) is 15.8. The Morgan fingerprint density at radius 2 is 2.04 bits per heavy atom. The molecule has 27 heavy (non-hydrogen) atoms. The van der Waals surface area contributed by atoms with Gasteiger partial charge in [-0.05, 0) is 36.1 Å². The molecule has 0 saturated heterocycles. The van der Waals surface area contributed by atoms with Gasteiger partial charge in [-0.3, -0.25) is 14.9 Å². The molecule has 0 aromatic heterocycles. The van der Waals surface area contributed by atoms with Crippen LogP contribution in [0.15, 0.2) is 47.6 Å². The molecule has 0 spiro atoms. The van der Waals surface area contributed by atoms with Gasteiger partial charge in [-0.1, -0.05) is 37.6 Å². The number of benzene rings is 2. The number of nitrogens with one attached hydrogen (secondary N) is 1. The molecule has 1 N–H and O–H groups in total. The van der Waals surface area contributed by atoms with Gasteiger partial charge < -0.3 is 4.74 Å². The van der Waals surface area contributed by atoms with Crippen LogP contribution in [0.1, 0.15) is 37.3 Å². The molecular formula is C19H20ClN3O4. The van der Waals surface area contributed by atoms with Crippen molar-refractivity contribution in [3.63, 3.8) is 0 Å². The molecule has 1 atom stereocenters. The molecule has 2 aromatic rings. The van der Waals surface area contributed by atoms with E-state index < -0.39 is 10.8 Å². The van der Waals surface area contributed by atoms with Crippen molar-refractivity contribution in [1.29, 1.82) is 0 Å². The van der Waals surface area contributed by atoms with Crippen LogP contribution in [0.2, 0.25) is 5.02 Å². The summed E-state index contributed by atoms with van der Waals surface area (Å²) in [4.78, 5) is 22.0. The standard InChI is InChI=1S/C19H20ClN3O4/c1-3-13(2)14-4-7-17(8-5-14)27-12-19(24)22-21-11-15-10-16(23(25)26)6-9-18(15)20/h4-11,13H,3,12H2,1-2H3,(H,22,24). The van der Waals surface area contributed by atoms with E-state index in [4.69, 9.17) is 16.3 Å². The predicted molar refractivity (Wildman–Crippen MR) is 104 cm³/mol. The van der Waals surface area contributed by atoms with Gasteiger partial charge in [-0.25, -0.2) is 5.43 Å². The third kappa shape index (κ3) is 6.07. The lowest BCUT2D eigenvalue weighted by Gasteiger charge is -2.10. The molecule has 0 aliphatic carbocycles. The largest absolute Gasteiger partial charge is 0.484 e. The Bertz CT molecular complexity index is 837. The molecule has 0 aliphatic rings. The molecule has 7 nitrogen and oxygen atoms in total. The molecule has 0 fully saturated rings. The molecule has 8 heteroatoms. The Morgan fingerprint density at radius 1 is 1.33 bits per heavy atom. The summed E-state index contributed by atoms with van der Waals surface area (Å²) < 4.78 is 5.41. The molecule has 2 rings (SSSR count). The van der Waals surface area contributed by atoms with Crippen molar-refractivity contribution in [1.82, 2.24) is 5.43 Å². The van der Waals surface area contributed by atoms with E-state index in [9.17, 15) is 14.9 Å². The molecule has 0 radical (unpaired) electrons. The van der Waals surface area contributed by atoms with Gasteiger partial charge in [0.2, 0.25) is 0 Å². The van der Waals surface area contributed by atoms with Crippen molar-refractivity contribution in [3.8, 4) is 5.75 Å². The van der Waals surface area contributed by atoms with Crippen LogP contribution in [0.5, 0.6) is 5.75 Å². The molecular weight excluding hydrogens is 370 g/mol. The Labute approximate surface area is 162 Å². The second kappa shape index (κ2) is 9.68. The molecule has 0 heterocycles. The smallest absolute Gasteiger partial charge is 0.277 e. The number of rotatable bonds is 8. The van der Waals surface area contributed by atoms with Crippen molar-refractivity contribution in [2.24, 2.45) is 5.10 Å². The first-order chi connectivity index (χ1) is 12.9. The summed E-state index contributed by atoms with van der Waals surface area (Å²) in [5.74, 6) is 0.596. The Hall–Kier alpha value is -2.93. The first-order valence-corrected chi connectivity index (χ1v) is 8.77. The van der Waals surface area contributed by atoms with Crippen LogP contribution in [-0.2, 0) is 4.79 Å². The number of hydrogen-bond donors (Lipinski definition) is 1. The Morgan fingerprint density at radius 3 is 2.67 bits per heavy atom. The van der Waals surface area contributed by atoms with Gasteiger partial charge in [-0.15, -0.1) is 0 Å². The topological polar surface area (TPSA) is 93.8 Å². The first-order valence-electron chi connectivity index (χ1n) is 8.39. The first kappa shape index (κ1) is 20.4. The minimum Gasteiger partial charge on any atom is -0.484 e. The van der Waals surface area contributed by atoms with Crippen molar-refractivity contribution in [2.75, 3.05) is 6.61 Å². The predicted octanol–water partition coefficient (Wildman–Crippen LogP) is 4.29. The van der Waals surface area contributed by atoms with Gasteiger partial charge >= 0.3 is 0 Å². The number of nitro benzene ring substituents is 1. The van der Waals surface area contributed by atoms with E-state index in [-0.39, 0.29) is 17.3 Å². The van der Waals surface area contributed by atoms with Gasteiger partial charge in [0.25, 0.3) is 11.6 Å². The van der Waals surface area contributed by atoms with Gasteiger partial charge in [-0.2, -0.15) is 5.10 Å². The average Bonchev–Trinajstić information content (AvgIpc) is 2.67. The lowest BCUT2D eigenvalue weighted by molar-refractivity contribution is -0.384. The van der Waals surface area contributed by atoms with E-state index in [0.717, 1.165) is 6.42 Å². The molecule has 1 amide bonds. The third-order valence-corrected chi connectivity index (χ3v) is 4.36. The van der Waals surface area contributed by atoms with Gasteiger partial charge in [0.1, 0.15) is 5.75 Å². The summed E-state index contributed by atoms with van der Waals surface area (Å²) in [7, 11) is 0. The SMILES string of the molecule is CCC(C)c1ccc(OCC(=O)NN=Cc2cc([N+](=O)[O-])ccc2Cl)cc1. The number of carbonyl (C=O) groups excluding carboxylic acids is 1. The Balaban J connectivity index is 1.87. The van der Waals surface area contributed by atoms with Crippen LogP contribution in [0, 0.1) is 10.1 Å². The van der Waals surface area contributed by atoms with E-state index in [1.54, 1.807) is 0 Å². The molecule has 0 aliphatic heterocycles. The second-order valence-corrected chi connectivity index (χ2v) is 6.33. The van der Waals surface area contributed by atoms with Gasteiger partial charge in [0.15, 0.2) is 6.61 Å². The third-order valence-electron chi connectivity index (χ3n) is 4.01. The highest BCUT2D eigenvalue weighted by atomic mass is 35.5. The quantitative estimate of drug-likeness (QED) is 0.414. The van der Waals surface area contributed by atoms with E-state index in [1.165, 1.54) is 30.0 Å². The normalized spacial score (nSPS) is 12.0. The fourth-order valence-corrected chi connectivity index (χ4v) is 2.39. The summed E-state index contributed by atoms with van der Waals surface area (Å²) in [6.07, 6.45) is 2.30. The van der Waals surface area contributed by atoms with Crippen LogP contribution in [0.3, 0.4) is 0 Å². The maximum Gasteiger partial charge on any atom is 0.277 e. The summed E-state index contributed by atoms with van der Waals surface area (Å²) in [5, 5.41) is 14.8. The van der Waals surface area contributed by atoms with Crippen LogP contribution in [-0.4, -0.2) is 23.7 Å². The minimum absolute atomic E-state index is 0.114.